The summed E-state index contributed by atoms with van der Waals surface area (Å²) in [6, 6.07) is 0. The van der Waals surface area contributed by atoms with Crippen LogP contribution in [0, 0.1) is 0 Å². The van der Waals surface area contributed by atoms with E-state index in [2.05, 4.69) is 37.5 Å². The van der Waals surface area contributed by atoms with E-state index in [1.165, 1.54) is 245 Å². The lowest BCUT2D eigenvalue weighted by Gasteiger charge is -2.26. The molecule has 0 spiro atoms. The second-order valence-corrected chi connectivity index (χ2v) is 18.0. The first kappa shape index (κ1) is 53.4. The summed E-state index contributed by atoms with van der Waals surface area (Å²) < 4.78 is 5.69. The van der Waals surface area contributed by atoms with Crippen LogP contribution in [-0.4, -0.2) is 60.6 Å². The monoisotopic (exact) mass is 763 g/mol. The van der Waals surface area contributed by atoms with Crippen molar-refractivity contribution in [1.82, 2.24) is 9.80 Å². The van der Waals surface area contributed by atoms with Gasteiger partial charge in [0.2, 0.25) is 0 Å². The molecule has 0 N–H and O–H groups in total. The van der Waals surface area contributed by atoms with E-state index < -0.39 is 0 Å². The van der Waals surface area contributed by atoms with Crippen LogP contribution in [0.3, 0.4) is 0 Å². The van der Waals surface area contributed by atoms with E-state index in [1.807, 2.05) is 13.8 Å². The highest BCUT2D eigenvalue weighted by molar-refractivity contribution is 5.69. The molecule has 0 heterocycles. The molecule has 0 aliphatic carbocycles. The van der Waals surface area contributed by atoms with Crippen molar-refractivity contribution in [3.8, 4) is 0 Å². The molecule has 4 heteroatoms. The minimum atomic E-state index is -0.335. The Kier molecular flexibility index (Phi) is 41.5. The largest absolute Gasteiger partial charge is 0.460 e. The Morgan fingerprint density at radius 1 is 0.352 bits per heavy atom. The van der Waals surface area contributed by atoms with Crippen molar-refractivity contribution >= 4 is 5.97 Å². The summed E-state index contributed by atoms with van der Waals surface area (Å²) in [6.07, 6.45) is 48.5. The molecule has 0 aromatic carbocycles. The molecule has 0 radical (unpaired) electrons. The highest BCUT2D eigenvalue weighted by Crippen LogP contribution is 2.17. The number of unbranched alkanes of at least 4 members (excludes halogenated alkanes) is 29. The quantitative estimate of drug-likeness (QED) is 0.0457. The smallest absolute Gasteiger partial charge is 0.306 e. The van der Waals surface area contributed by atoms with Gasteiger partial charge in [-0.1, -0.05) is 207 Å². The van der Waals surface area contributed by atoms with Gasteiger partial charge in [-0.15, -0.1) is 0 Å². The van der Waals surface area contributed by atoms with E-state index in [9.17, 15) is 4.79 Å². The molecular formula is C50H102N2O2. The van der Waals surface area contributed by atoms with Crippen molar-refractivity contribution in [2.45, 2.75) is 278 Å². The molecule has 0 rings (SSSR count). The maximum atomic E-state index is 12.4. The normalized spacial score (nSPS) is 12.1. The van der Waals surface area contributed by atoms with E-state index >= 15 is 0 Å². The second kappa shape index (κ2) is 42.0. The van der Waals surface area contributed by atoms with Crippen molar-refractivity contribution < 1.29 is 9.53 Å². The van der Waals surface area contributed by atoms with Gasteiger partial charge in [-0.25, -0.2) is 0 Å². The number of rotatable bonds is 45. The van der Waals surface area contributed by atoms with Gasteiger partial charge in [-0.2, -0.15) is 0 Å². The lowest BCUT2D eigenvalue weighted by Crippen LogP contribution is -2.32. The SMILES string of the molecule is CCCCCCCCCCCCN(CCCCCCCCCCCC)CCCN(CCCCCCCCCCCC)CCCCCC(=O)OC(C)(C)CC. The first-order chi connectivity index (χ1) is 26.4. The first-order valence-electron chi connectivity index (χ1n) is 25.0. The van der Waals surface area contributed by atoms with Crippen LogP contribution in [0.4, 0.5) is 0 Å². The fraction of sp³-hybridized carbons (Fsp3) is 0.980. The predicted molar refractivity (Wildman–Crippen MR) is 242 cm³/mol. The van der Waals surface area contributed by atoms with Gasteiger partial charge in [0.1, 0.15) is 5.60 Å². The third kappa shape index (κ3) is 39.6. The molecule has 4 nitrogen and oxygen atoms in total. The summed E-state index contributed by atoms with van der Waals surface area (Å²) in [6.45, 7) is 20.6. The van der Waals surface area contributed by atoms with Gasteiger partial charge in [-0.05, 0) is 98.1 Å². The highest BCUT2D eigenvalue weighted by Gasteiger charge is 2.20. The molecule has 0 aliphatic rings. The standard InChI is InChI=1S/C50H102N2O2/c1-7-11-14-17-20-23-26-29-32-37-43-51(44-38-33-30-27-24-21-18-15-12-8-2)47-41-48-52(45-39-34-31-28-25-22-19-16-13-9-3)46-40-35-36-42-49(53)54-50(5,6)10-4/h7-48H2,1-6H3. The molecule has 0 amide bonds. The molecule has 324 valence electrons. The van der Waals surface area contributed by atoms with Crippen molar-refractivity contribution in [3.05, 3.63) is 0 Å². The first-order valence-corrected chi connectivity index (χ1v) is 25.0. The molecule has 0 atom stereocenters. The van der Waals surface area contributed by atoms with Gasteiger partial charge in [0, 0.05) is 6.42 Å². The van der Waals surface area contributed by atoms with Crippen molar-refractivity contribution in [2.75, 3.05) is 39.3 Å². The minimum Gasteiger partial charge on any atom is -0.460 e. The van der Waals surface area contributed by atoms with Crippen LogP contribution in [0.5, 0.6) is 0 Å². The van der Waals surface area contributed by atoms with Crippen molar-refractivity contribution in [1.29, 1.82) is 0 Å². The van der Waals surface area contributed by atoms with Gasteiger partial charge in [0.15, 0.2) is 0 Å². The van der Waals surface area contributed by atoms with Crippen LogP contribution in [0.2, 0.25) is 0 Å². The third-order valence-corrected chi connectivity index (χ3v) is 12.0. The van der Waals surface area contributed by atoms with Crippen LogP contribution in [0.1, 0.15) is 273 Å². The summed E-state index contributed by atoms with van der Waals surface area (Å²) >= 11 is 0. The van der Waals surface area contributed by atoms with Crippen LogP contribution in [-0.2, 0) is 9.53 Å². The van der Waals surface area contributed by atoms with E-state index in [0.29, 0.717) is 6.42 Å². The van der Waals surface area contributed by atoms with Crippen LogP contribution in [0.25, 0.3) is 0 Å². The molecular weight excluding hydrogens is 661 g/mol. The molecule has 0 aromatic heterocycles. The Hall–Kier alpha value is -0.610. The van der Waals surface area contributed by atoms with Crippen LogP contribution in [0.15, 0.2) is 0 Å². The summed E-state index contributed by atoms with van der Waals surface area (Å²) in [5.41, 5.74) is -0.335. The average molecular weight is 763 g/mol. The van der Waals surface area contributed by atoms with E-state index in [0.717, 1.165) is 19.3 Å². The molecule has 0 bridgehead atoms. The summed E-state index contributed by atoms with van der Waals surface area (Å²) in [5.74, 6) is -0.0195. The number of nitrogens with zero attached hydrogens (tertiary/aromatic N) is 2. The summed E-state index contributed by atoms with van der Waals surface area (Å²) in [5, 5.41) is 0. The number of hydrogen-bond acceptors (Lipinski definition) is 4. The fourth-order valence-electron chi connectivity index (χ4n) is 7.87. The lowest BCUT2D eigenvalue weighted by atomic mass is 10.1. The summed E-state index contributed by atoms with van der Waals surface area (Å²) in [4.78, 5) is 18.0. The van der Waals surface area contributed by atoms with Crippen LogP contribution >= 0.6 is 0 Å². The Labute approximate surface area is 341 Å². The topological polar surface area (TPSA) is 32.8 Å². The Morgan fingerprint density at radius 3 is 0.870 bits per heavy atom. The predicted octanol–water partition coefficient (Wildman–Crippen LogP) is 16.0. The van der Waals surface area contributed by atoms with Crippen molar-refractivity contribution in [2.24, 2.45) is 0 Å². The Balaban J connectivity index is 4.78. The molecule has 54 heavy (non-hydrogen) atoms. The number of hydrogen-bond donors (Lipinski definition) is 0. The fourth-order valence-corrected chi connectivity index (χ4v) is 7.87. The van der Waals surface area contributed by atoms with Crippen LogP contribution < -0.4 is 0 Å². The zero-order valence-corrected chi connectivity index (χ0v) is 38.4. The average Bonchev–Trinajstić information content (AvgIpc) is 3.16. The zero-order valence-electron chi connectivity index (χ0n) is 38.4. The van der Waals surface area contributed by atoms with Gasteiger partial charge < -0.3 is 14.5 Å². The third-order valence-electron chi connectivity index (χ3n) is 12.0. The molecule has 0 saturated heterocycles. The Morgan fingerprint density at radius 2 is 0.593 bits per heavy atom. The van der Waals surface area contributed by atoms with E-state index in [4.69, 9.17) is 4.74 Å². The second-order valence-electron chi connectivity index (χ2n) is 18.0. The Bertz CT molecular complexity index is 716. The maximum Gasteiger partial charge on any atom is 0.306 e. The number of ether oxygens (including phenoxy) is 1. The van der Waals surface area contributed by atoms with E-state index in [-0.39, 0.29) is 11.6 Å². The van der Waals surface area contributed by atoms with Gasteiger partial charge >= 0.3 is 5.97 Å². The molecule has 0 aliphatic heterocycles. The lowest BCUT2D eigenvalue weighted by molar-refractivity contribution is -0.156. The maximum absolute atomic E-state index is 12.4. The minimum absolute atomic E-state index is 0.0195. The van der Waals surface area contributed by atoms with Gasteiger partial charge in [-0.3, -0.25) is 4.79 Å². The number of carbonyl (C=O) groups is 1. The highest BCUT2D eigenvalue weighted by atomic mass is 16.6. The summed E-state index contributed by atoms with van der Waals surface area (Å²) in [7, 11) is 0. The molecule has 0 aromatic rings. The molecule has 0 fully saturated rings. The van der Waals surface area contributed by atoms with Crippen molar-refractivity contribution in [3.63, 3.8) is 0 Å². The molecule has 0 unspecified atom stereocenters. The van der Waals surface area contributed by atoms with Gasteiger partial charge in [0.25, 0.3) is 0 Å². The van der Waals surface area contributed by atoms with Gasteiger partial charge in [0.05, 0.1) is 0 Å². The number of esters is 1. The van der Waals surface area contributed by atoms with E-state index in [1.54, 1.807) is 0 Å². The number of carbonyl (C=O) groups excluding carboxylic acids is 1. The molecule has 0 saturated carbocycles. The zero-order chi connectivity index (χ0) is 39.6.